The topological polar surface area (TPSA) is 46.9 Å². The Morgan fingerprint density at radius 3 is 2.88 bits per heavy atom. The van der Waals surface area contributed by atoms with Crippen LogP contribution < -0.4 is 10.2 Å². The molecular formula is C11H12ClN3OS. The van der Waals surface area contributed by atoms with E-state index in [4.69, 9.17) is 11.6 Å². The molecule has 0 atom stereocenters. The first-order chi connectivity index (χ1) is 8.11. The summed E-state index contributed by atoms with van der Waals surface area (Å²) in [5.41, 5.74) is 1.62. The molecule has 0 aliphatic heterocycles. The molecule has 6 heteroatoms. The number of pyridine rings is 1. The third kappa shape index (κ3) is 2.50. The smallest absolute Gasteiger partial charge is 0.307 e. The second kappa shape index (κ2) is 4.89. The van der Waals surface area contributed by atoms with Gasteiger partial charge >= 0.3 is 4.87 Å². The number of rotatable bonds is 3. The maximum absolute atomic E-state index is 11.6. The Morgan fingerprint density at radius 1 is 1.53 bits per heavy atom. The predicted molar refractivity (Wildman–Crippen MR) is 71.2 cm³/mol. The molecule has 2 aromatic rings. The number of halogens is 1. The van der Waals surface area contributed by atoms with Gasteiger partial charge in [-0.1, -0.05) is 22.9 Å². The Labute approximate surface area is 108 Å². The van der Waals surface area contributed by atoms with Gasteiger partial charge in [-0.3, -0.25) is 9.36 Å². The zero-order chi connectivity index (χ0) is 12.4. The van der Waals surface area contributed by atoms with Crippen molar-refractivity contribution < 1.29 is 0 Å². The normalized spacial score (nSPS) is 10.5. The van der Waals surface area contributed by atoms with Crippen molar-refractivity contribution in [3.05, 3.63) is 43.6 Å². The largest absolute Gasteiger partial charge is 0.373 e. The Hall–Kier alpha value is -1.33. The summed E-state index contributed by atoms with van der Waals surface area (Å²) in [7, 11) is 1.79. The lowest BCUT2D eigenvalue weighted by molar-refractivity contribution is 0.736. The molecule has 0 fully saturated rings. The number of hydrogen-bond acceptors (Lipinski definition) is 4. The van der Waals surface area contributed by atoms with E-state index in [1.54, 1.807) is 23.7 Å². The van der Waals surface area contributed by atoms with Gasteiger partial charge in [0.25, 0.3) is 0 Å². The average molecular weight is 270 g/mol. The lowest BCUT2D eigenvalue weighted by Crippen LogP contribution is -2.16. The molecule has 90 valence electrons. The molecule has 2 aromatic heterocycles. The second-order valence-corrected chi connectivity index (χ2v) is 4.83. The molecule has 0 spiro atoms. The number of anilines is 1. The highest BCUT2D eigenvalue weighted by Gasteiger charge is 2.08. The van der Waals surface area contributed by atoms with Crippen LogP contribution in [0, 0.1) is 6.92 Å². The molecule has 0 unspecified atom stereocenters. The number of nitrogens with zero attached hydrogens (tertiary/aromatic N) is 2. The van der Waals surface area contributed by atoms with Crippen molar-refractivity contribution in [2.24, 2.45) is 0 Å². The fourth-order valence-electron chi connectivity index (χ4n) is 1.48. The lowest BCUT2D eigenvalue weighted by atomic mass is 10.3. The zero-order valence-electron chi connectivity index (χ0n) is 9.53. The Morgan fingerprint density at radius 2 is 2.29 bits per heavy atom. The van der Waals surface area contributed by atoms with Gasteiger partial charge in [0.15, 0.2) is 0 Å². The van der Waals surface area contributed by atoms with Crippen LogP contribution in [0.4, 0.5) is 5.82 Å². The zero-order valence-corrected chi connectivity index (χ0v) is 11.1. The quantitative estimate of drug-likeness (QED) is 0.930. The first-order valence-electron chi connectivity index (χ1n) is 5.10. The summed E-state index contributed by atoms with van der Waals surface area (Å²) in [6.45, 7) is 2.30. The summed E-state index contributed by atoms with van der Waals surface area (Å²) in [6, 6.07) is 3.58. The van der Waals surface area contributed by atoms with Crippen LogP contribution in [0.15, 0.2) is 22.3 Å². The maximum Gasteiger partial charge on any atom is 0.307 e. The van der Waals surface area contributed by atoms with Crippen LogP contribution in [0.5, 0.6) is 0 Å². The van der Waals surface area contributed by atoms with Gasteiger partial charge in [0.1, 0.15) is 5.82 Å². The molecule has 0 aliphatic rings. The molecule has 4 nitrogen and oxygen atoms in total. The van der Waals surface area contributed by atoms with Crippen molar-refractivity contribution in [3.8, 4) is 0 Å². The van der Waals surface area contributed by atoms with Crippen LogP contribution in [0.1, 0.15) is 11.4 Å². The minimum absolute atomic E-state index is 0.00947. The van der Waals surface area contributed by atoms with Crippen LogP contribution in [0.3, 0.4) is 0 Å². The van der Waals surface area contributed by atoms with Gasteiger partial charge in [-0.15, -0.1) is 0 Å². The van der Waals surface area contributed by atoms with Crippen LogP contribution in [-0.4, -0.2) is 16.6 Å². The van der Waals surface area contributed by atoms with Crippen molar-refractivity contribution in [1.82, 2.24) is 9.55 Å². The minimum Gasteiger partial charge on any atom is -0.373 e. The molecule has 0 saturated heterocycles. The summed E-state index contributed by atoms with van der Waals surface area (Å²) in [5, 5.41) is 5.35. The van der Waals surface area contributed by atoms with Crippen LogP contribution in [-0.2, 0) is 6.54 Å². The molecule has 0 saturated carbocycles. The van der Waals surface area contributed by atoms with Gasteiger partial charge in [-0.25, -0.2) is 4.98 Å². The molecule has 0 aromatic carbocycles. The van der Waals surface area contributed by atoms with Crippen molar-refractivity contribution in [2.45, 2.75) is 13.5 Å². The third-order valence-corrected chi connectivity index (χ3v) is 3.68. The van der Waals surface area contributed by atoms with E-state index in [2.05, 4.69) is 10.3 Å². The summed E-state index contributed by atoms with van der Waals surface area (Å²) in [6.07, 6.45) is 0. The fourth-order valence-corrected chi connectivity index (χ4v) is 2.38. The standard InChI is InChI=1S/C11H12ClN3OS/c1-7-6-17-11(16)15(7)5-9-8(12)3-4-10(13-2)14-9/h3-4,6H,5H2,1-2H3,(H,13,14). The SMILES string of the molecule is CNc1ccc(Cl)c(Cn2c(C)csc2=O)n1. The van der Waals surface area contributed by atoms with Crippen LogP contribution in [0.25, 0.3) is 0 Å². The fraction of sp³-hybridized carbons (Fsp3) is 0.273. The first-order valence-corrected chi connectivity index (χ1v) is 6.35. The van der Waals surface area contributed by atoms with E-state index < -0.39 is 0 Å². The van der Waals surface area contributed by atoms with E-state index in [0.717, 1.165) is 11.5 Å². The van der Waals surface area contributed by atoms with Crippen molar-refractivity contribution in [1.29, 1.82) is 0 Å². The second-order valence-electron chi connectivity index (χ2n) is 3.60. The summed E-state index contributed by atoms with van der Waals surface area (Å²) in [4.78, 5) is 16.0. The number of hydrogen-bond donors (Lipinski definition) is 1. The van der Waals surface area contributed by atoms with Gasteiger partial charge in [-0.05, 0) is 19.1 Å². The summed E-state index contributed by atoms with van der Waals surface area (Å²) < 4.78 is 1.66. The highest BCUT2D eigenvalue weighted by Crippen LogP contribution is 2.17. The van der Waals surface area contributed by atoms with Gasteiger partial charge in [-0.2, -0.15) is 0 Å². The maximum atomic E-state index is 11.6. The predicted octanol–water partition coefficient (Wildman–Crippen LogP) is 2.36. The van der Waals surface area contributed by atoms with Crippen molar-refractivity contribution in [2.75, 3.05) is 12.4 Å². The average Bonchev–Trinajstić information content (AvgIpc) is 2.63. The molecule has 2 rings (SSSR count). The summed E-state index contributed by atoms with van der Waals surface area (Å²) in [5.74, 6) is 0.741. The van der Waals surface area contributed by atoms with E-state index in [0.29, 0.717) is 17.3 Å². The summed E-state index contributed by atoms with van der Waals surface area (Å²) >= 11 is 7.26. The Bertz CT molecular complexity index is 591. The van der Waals surface area contributed by atoms with Crippen molar-refractivity contribution in [3.63, 3.8) is 0 Å². The third-order valence-electron chi connectivity index (χ3n) is 2.46. The molecular weight excluding hydrogens is 258 g/mol. The molecule has 0 aliphatic carbocycles. The molecule has 0 bridgehead atoms. The van der Waals surface area contributed by atoms with Gasteiger partial charge < -0.3 is 5.32 Å². The van der Waals surface area contributed by atoms with E-state index in [9.17, 15) is 4.79 Å². The highest BCUT2D eigenvalue weighted by atomic mass is 35.5. The minimum atomic E-state index is 0.00947. The van der Waals surface area contributed by atoms with Gasteiger partial charge in [0, 0.05) is 18.1 Å². The van der Waals surface area contributed by atoms with Crippen molar-refractivity contribution >= 4 is 28.8 Å². The molecule has 1 N–H and O–H groups in total. The van der Waals surface area contributed by atoms with Gasteiger partial charge in [0.05, 0.1) is 17.3 Å². The number of aromatic nitrogens is 2. The monoisotopic (exact) mass is 269 g/mol. The lowest BCUT2D eigenvalue weighted by Gasteiger charge is -2.08. The molecule has 2 heterocycles. The Balaban J connectivity index is 2.39. The number of aryl methyl sites for hydroxylation is 1. The molecule has 0 radical (unpaired) electrons. The van der Waals surface area contributed by atoms with E-state index in [1.165, 1.54) is 11.3 Å². The molecule has 0 amide bonds. The highest BCUT2D eigenvalue weighted by molar-refractivity contribution is 7.07. The molecule has 17 heavy (non-hydrogen) atoms. The number of thiazole rings is 1. The first kappa shape index (κ1) is 12.1. The number of nitrogens with one attached hydrogen (secondary N) is 1. The Kier molecular flexibility index (Phi) is 3.49. The van der Waals surface area contributed by atoms with E-state index in [1.807, 2.05) is 12.3 Å². The van der Waals surface area contributed by atoms with Crippen LogP contribution in [0.2, 0.25) is 5.02 Å². The van der Waals surface area contributed by atoms with E-state index in [-0.39, 0.29) is 4.87 Å². The van der Waals surface area contributed by atoms with Crippen LogP contribution >= 0.6 is 22.9 Å². The van der Waals surface area contributed by atoms with Gasteiger partial charge in [0.2, 0.25) is 0 Å². The van der Waals surface area contributed by atoms with E-state index >= 15 is 0 Å².